The Kier molecular flexibility index (Phi) is 3.40. The van der Waals surface area contributed by atoms with Gasteiger partial charge in [0, 0.05) is 33.4 Å². The van der Waals surface area contributed by atoms with Crippen molar-refractivity contribution in [3.05, 3.63) is 63.1 Å². The molecule has 2 nitrogen and oxygen atoms in total. The molecule has 0 aliphatic carbocycles. The van der Waals surface area contributed by atoms with E-state index in [0.717, 1.165) is 24.2 Å². The van der Waals surface area contributed by atoms with Gasteiger partial charge in [0.1, 0.15) is 6.10 Å². The maximum Gasteiger partial charge on any atom is 0.108 e. The van der Waals surface area contributed by atoms with Crippen LogP contribution in [0.25, 0.3) is 0 Å². The van der Waals surface area contributed by atoms with Gasteiger partial charge in [0.15, 0.2) is 0 Å². The quantitative estimate of drug-likeness (QED) is 0.876. The van der Waals surface area contributed by atoms with Crippen molar-refractivity contribution in [3.63, 3.8) is 0 Å². The van der Waals surface area contributed by atoms with Gasteiger partial charge in [-0.25, -0.2) is 0 Å². The predicted octanol–water partition coefficient (Wildman–Crippen LogP) is 4.04. The summed E-state index contributed by atoms with van der Waals surface area (Å²) >= 11 is 12.1. The fraction of sp³-hybridized carbons (Fsp3) is 0.200. The van der Waals surface area contributed by atoms with E-state index in [0.29, 0.717) is 15.6 Å². The molecule has 2 aromatic carbocycles. The van der Waals surface area contributed by atoms with Gasteiger partial charge >= 0.3 is 0 Å². The highest BCUT2D eigenvalue weighted by Crippen LogP contribution is 2.37. The van der Waals surface area contributed by atoms with E-state index >= 15 is 0 Å². The highest BCUT2D eigenvalue weighted by Gasteiger charge is 2.21. The first-order valence-corrected chi connectivity index (χ1v) is 6.91. The van der Waals surface area contributed by atoms with Gasteiger partial charge in [-0.1, -0.05) is 41.4 Å². The van der Waals surface area contributed by atoms with Crippen LogP contribution in [-0.2, 0) is 6.42 Å². The molecule has 0 amide bonds. The first-order chi connectivity index (χ1) is 9.16. The van der Waals surface area contributed by atoms with E-state index in [1.54, 1.807) is 18.2 Å². The number of hydrogen-bond donors (Lipinski definition) is 2. The van der Waals surface area contributed by atoms with Gasteiger partial charge in [0.2, 0.25) is 0 Å². The van der Waals surface area contributed by atoms with E-state index < -0.39 is 6.10 Å². The van der Waals surface area contributed by atoms with Crippen LogP contribution in [0.15, 0.2) is 36.4 Å². The van der Waals surface area contributed by atoms with Gasteiger partial charge in [-0.05, 0) is 30.2 Å². The summed E-state index contributed by atoms with van der Waals surface area (Å²) in [7, 11) is 0. The van der Waals surface area contributed by atoms with Crippen molar-refractivity contribution in [1.29, 1.82) is 0 Å². The smallest absolute Gasteiger partial charge is 0.108 e. The molecule has 0 fully saturated rings. The normalized spacial score (nSPS) is 14.9. The molecule has 0 saturated carbocycles. The number of benzene rings is 2. The van der Waals surface area contributed by atoms with Crippen molar-refractivity contribution in [2.24, 2.45) is 0 Å². The summed E-state index contributed by atoms with van der Waals surface area (Å²) in [5, 5.41) is 15.0. The highest BCUT2D eigenvalue weighted by molar-refractivity contribution is 6.33. The molecule has 1 heterocycles. The largest absolute Gasteiger partial charge is 0.384 e. The third-order valence-corrected chi connectivity index (χ3v) is 4.01. The Morgan fingerprint density at radius 2 is 1.95 bits per heavy atom. The van der Waals surface area contributed by atoms with Gasteiger partial charge in [0.25, 0.3) is 0 Å². The molecule has 1 aliphatic heterocycles. The van der Waals surface area contributed by atoms with Crippen molar-refractivity contribution in [2.75, 3.05) is 11.9 Å². The second kappa shape index (κ2) is 5.04. The molecule has 3 rings (SSSR count). The molecule has 0 radical (unpaired) electrons. The summed E-state index contributed by atoms with van der Waals surface area (Å²) in [6.07, 6.45) is 0.214. The van der Waals surface area contributed by atoms with Crippen molar-refractivity contribution in [1.82, 2.24) is 0 Å². The second-order valence-electron chi connectivity index (χ2n) is 4.63. The molecule has 1 unspecified atom stereocenters. The molecule has 2 aromatic rings. The van der Waals surface area contributed by atoms with Crippen LogP contribution in [0.1, 0.15) is 22.8 Å². The molecule has 19 heavy (non-hydrogen) atoms. The van der Waals surface area contributed by atoms with Crippen molar-refractivity contribution in [2.45, 2.75) is 12.5 Å². The van der Waals surface area contributed by atoms with E-state index in [4.69, 9.17) is 23.2 Å². The zero-order chi connectivity index (χ0) is 13.4. The molecule has 98 valence electrons. The number of anilines is 1. The van der Waals surface area contributed by atoms with Crippen LogP contribution in [0, 0.1) is 0 Å². The minimum absolute atomic E-state index is 0.521. The number of hydrogen-bond acceptors (Lipinski definition) is 2. The molecule has 0 aromatic heterocycles. The molecular weight excluding hydrogens is 281 g/mol. The lowest BCUT2D eigenvalue weighted by molar-refractivity contribution is 0.221. The maximum absolute atomic E-state index is 10.6. The average molecular weight is 294 g/mol. The van der Waals surface area contributed by atoms with Crippen LogP contribution in [-0.4, -0.2) is 11.7 Å². The lowest BCUT2D eigenvalue weighted by Gasteiger charge is -2.17. The van der Waals surface area contributed by atoms with E-state index in [1.807, 2.05) is 12.1 Å². The number of aliphatic hydroxyl groups is 1. The Balaban J connectivity index is 2.07. The highest BCUT2D eigenvalue weighted by atomic mass is 35.5. The number of para-hydroxylation sites is 1. The SMILES string of the molecule is OC(c1cc(Cl)ccc1Cl)c1cccc2c1NCC2. The summed E-state index contributed by atoms with van der Waals surface area (Å²) in [4.78, 5) is 0. The van der Waals surface area contributed by atoms with Gasteiger partial charge in [-0.3, -0.25) is 0 Å². The van der Waals surface area contributed by atoms with E-state index in [-0.39, 0.29) is 0 Å². The van der Waals surface area contributed by atoms with Crippen LogP contribution in [0.5, 0.6) is 0 Å². The summed E-state index contributed by atoms with van der Waals surface area (Å²) in [6, 6.07) is 11.1. The lowest BCUT2D eigenvalue weighted by atomic mass is 9.97. The predicted molar refractivity (Wildman–Crippen MR) is 79.2 cm³/mol. The van der Waals surface area contributed by atoms with Gasteiger partial charge in [-0.15, -0.1) is 0 Å². The molecular formula is C15H13Cl2NO. The number of aliphatic hydroxyl groups excluding tert-OH is 1. The van der Waals surface area contributed by atoms with Crippen LogP contribution in [0.4, 0.5) is 5.69 Å². The number of fused-ring (bicyclic) bond motifs is 1. The zero-order valence-electron chi connectivity index (χ0n) is 10.2. The van der Waals surface area contributed by atoms with Crippen molar-refractivity contribution < 1.29 is 5.11 Å². The van der Waals surface area contributed by atoms with Gasteiger partial charge in [-0.2, -0.15) is 0 Å². The maximum atomic E-state index is 10.6. The minimum Gasteiger partial charge on any atom is -0.384 e. The topological polar surface area (TPSA) is 32.3 Å². The molecule has 2 N–H and O–H groups in total. The summed E-state index contributed by atoms with van der Waals surface area (Å²) in [5.74, 6) is 0. The molecule has 1 atom stereocenters. The first kappa shape index (κ1) is 12.8. The molecule has 1 aliphatic rings. The average Bonchev–Trinajstić information content (AvgIpc) is 2.89. The summed E-state index contributed by atoms with van der Waals surface area (Å²) in [5.41, 5.74) is 3.73. The Morgan fingerprint density at radius 3 is 2.79 bits per heavy atom. The Labute approximate surface area is 122 Å². The van der Waals surface area contributed by atoms with Gasteiger partial charge < -0.3 is 10.4 Å². The van der Waals surface area contributed by atoms with Crippen LogP contribution < -0.4 is 5.32 Å². The fourth-order valence-corrected chi connectivity index (χ4v) is 2.89. The van der Waals surface area contributed by atoms with Crippen LogP contribution in [0.3, 0.4) is 0 Å². The van der Waals surface area contributed by atoms with Crippen LogP contribution >= 0.6 is 23.2 Å². The molecule has 4 heteroatoms. The van der Waals surface area contributed by atoms with Gasteiger partial charge in [0.05, 0.1) is 0 Å². The van der Waals surface area contributed by atoms with Crippen molar-refractivity contribution in [3.8, 4) is 0 Å². The number of halogens is 2. The standard InChI is InChI=1S/C15H13Cl2NO/c16-10-4-5-13(17)12(8-10)15(19)11-3-1-2-9-6-7-18-14(9)11/h1-5,8,15,18-19H,6-7H2. The number of rotatable bonds is 2. The Morgan fingerprint density at radius 1 is 1.11 bits per heavy atom. The fourth-order valence-electron chi connectivity index (χ4n) is 2.49. The second-order valence-corrected chi connectivity index (χ2v) is 5.47. The molecule has 0 bridgehead atoms. The van der Waals surface area contributed by atoms with Crippen LogP contribution in [0.2, 0.25) is 10.0 Å². The van der Waals surface area contributed by atoms with Crippen molar-refractivity contribution >= 4 is 28.9 Å². The molecule has 0 saturated heterocycles. The first-order valence-electron chi connectivity index (χ1n) is 6.15. The lowest BCUT2D eigenvalue weighted by Crippen LogP contribution is -2.04. The van der Waals surface area contributed by atoms with E-state index in [9.17, 15) is 5.11 Å². The number of nitrogens with one attached hydrogen (secondary N) is 1. The Hall–Kier alpha value is -1.22. The summed E-state index contributed by atoms with van der Waals surface area (Å²) < 4.78 is 0. The van der Waals surface area contributed by atoms with E-state index in [2.05, 4.69) is 11.4 Å². The zero-order valence-corrected chi connectivity index (χ0v) is 11.7. The third kappa shape index (κ3) is 2.32. The third-order valence-electron chi connectivity index (χ3n) is 3.43. The monoisotopic (exact) mass is 293 g/mol. The minimum atomic E-state index is -0.772. The Bertz CT molecular complexity index is 628. The summed E-state index contributed by atoms with van der Waals surface area (Å²) in [6.45, 7) is 0.905. The molecule has 0 spiro atoms. The van der Waals surface area contributed by atoms with E-state index in [1.165, 1.54) is 5.56 Å².